The second-order valence-electron chi connectivity index (χ2n) is 6.43. The molecule has 2 aromatic rings. The van der Waals surface area contributed by atoms with Crippen LogP contribution >= 0.6 is 0 Å². The van der Waals surface area contributed by atoms with Gasteiger partial charge in [0.1, 0.15) is 18.0 Å². The van der Waals surface area contributed by atoms with Crippen molar-refractivity contribution in [2.75, 3.05) is 25.0 Å². The molecule has 1 unspecified atom stereocenters. The SMILES string of the molecule is C=CCCNc1cc(-c2cncnc2)nc(C2CCCN(C(C)=O)C2)n1. The Kier molecular flexibility index (Phi) is 5.88. The van der Waals surface area contributed by atoms with Crippen LogP contribution in [0, 0.1) is 0 Å². The summed E-state index contributed by atoms with van der Waals surface area (Å²) in [7, 11) is 0. The van der Waals surface area contributed by atoms with E-state index in [1.165, 1.54) is 6.33 Å². The standard InChI is InChI=1S/C19H24N6O/c1-3-4-7-22-18-9-17(16-10-20-13-21-11-16)23-19(24-18)15-6-5-8-25(12-15)14(2)26/h3,9-11,13,15H,1,4-8,12H2,2H3,(H,22,23,24). The zero-order chi connectivity index (χ0) is 18.4. The summed E-state index contributed by atoms with van der Waals surface area (Å²) in [6.07, 6.45) is 9.65. The van der Waals surface area contributed by atoms with Crippen LogP contribution in [-0.2, 0) is 4.79 Å². The Morgan fingerprint density at radius 1 is 1.38 bits per heavy atom. The van der Waals surface area contributed by atoms with E-state index in [0.29, 0.717) is 6.54 Å². The Bertz CT molecular complexity index is 764. The third kappa shape index (κ3) is 4.41. The number of carbonyl (C=O) groups excluding carboxylic acids is 1. The van der Waals surface area contributed by atoms with Crippen molar-refractivity contribution in [3.05, 3.63) is 43.3 Å². The van der Waals surface area contributed by atoms with Gasteiger partial charge in [0.15, 0.2) is 0 Å². The van der Waals surface area contributed by atoms with Gasteiger partial charge in [-0.15, -0.1) is 6.58 Å². The van der Waals surface area contributed by atoms with Crippen LogP contribution in [0.3, 0.4) is 0 Å². The average molecular weight is 352 g/mol. The molecule has 7 heteroatoms. The fraction of sp³-hybridized carbons (Fsp3) is 0.421. The minimum Gasteiger partial charge on any atom is -0.370 e. The molecule has 0 bridgehead atoms. The molecule has 3 heterocycles. The number of carbonyl (C=O) groups is 1. The summed E-state index contributed by atoms with van der Waals surface area (Å²) >= 11 is 0. The first-order valence-corrected chi connectivity index (χ1v) is 8.92. The molecule has 1 saturated heterocycles. The molecule has 0 saturated carbocycles. The fourth-order valence-electron chi connectivity index (χ4n) is 3.09. The fourth-order valence-corrected chi connectivity index (χ4v) is 3.09. The summed E-state index contributed by atoms with van der Waals surface area (Å²) in [6, 6.07) is 1.91. The van der Waals surface area contributed by atoms with E-state index in [2.05, 4.69) is 21.9 Å². The van der Waals surface area contributed by atoms with Gasteiger partial charge in [-0.05, 0) is 19.3 Å². The van der Waals surface area contributed by atoms with Crippen molar-refractivity contribution in [3.8, 4) is 11.3 Å². The van der Waals surface area contributed by atoms with Crippen LogP contribution in [0.25, 0.3) is 11.3 Å². The van der Waals surface area contributed by atoms with Gasteiger partial charge in [-0.3, -0.25) is 4.79 Å². The smallest absolute Gasteiger partial charge is 0.219 e. The van der Waals surface area contributed by atoms with Crippen LogP contribution in [0.5, 0.6) is 0 Å². The number of anilines is 1. The highest BCUT2D eigenvalue weighted by atomic mass is 16.2. The minimum atomic E-state index is 0.103. The van der Waals surface area contributed by atoms with E-state index in [0.717, 1.165) is 55.3 Å². The third-order valence-corrected chi connectivity index (χ3v) is 4.49. The van der Waals surface area contributed by atoms with Gasteiger partial charge in [0.25, 0.3) is 0 Å². The number of hydrogen-bond donors (Lipinski definition) is 1. The van der Waals surface area contributed by atoms with Crippen molar-refractivity contribution in [2.45, 2.75) is 32.1 Å². The third-order valence-electron chi connectivity index (χ3n) is 4.49. The van der Waals surface area contributed by atoms with Crippen LogP contribution in [0.2, 0.25) is 0 Å². The Balaban J connectivity index is 1.91. The lowest BCUT2D eigenvalue weighted by Crippen LogP contribution is -2.38. The van der Waals surface area contributed by atoms with Crippen LogP contribution in [0.4, 0.5) is 5.82 Å². The monoisotopic (exact) mass is 352 g/mol. The molecular formula is C19H24N6O. The highest BCUT2D eigenvalue weighted by Gasteiger charge is 2.25. The highest BCUT2D eigenvalue weighted by molar-refractivity contribution is 5.73. The second-order valence-corrected chi connectivity index (χ2v) is 6.43. The maximum Gasteiger partial charge on any atom is 0.219 e. The Morgan fingerprint density at radius 2 is 2.19 bits per heavy atom. The lowest BCUT2D eigenvalue weighted by atomic mass is 9.97. The lowest BCUT2D eigenvalue weighted by molar-refractivity contribution is -0.130. The van der Waals surface area contributed by atoms with Crippen molar-refractivity contribution in [2.24, 2.45) is 0 Å². The first-order chi connectivity index (χ1) is 12.7. The maximum atomic E-state index is 11.8. The van der Waals surface area contributed by atoms with Gasteiger partial charge in [-0.2, -0.15) is 0 Å². The minimum absolute atomic E-state index is 0.103. The summed E-state index contributed by atoms with van der Waals surface area (Å²) in [5.41, 5.74) is 1.64. The molecule has 136 valence electrons. The van der Waals surface area contributed by atoms with Gasteiger partial charge in [0.2, 0.25) is 5.91 Å². The zero-order valence-electron chi connectivity index (χ0n) is 15.1. The van der Waals surface area contributed by atoms with Gasteiger partial charge >= 0.3 is 0 Å². The lowest BCUT2D eigenvalue weighted by Gasteiger charge is -2.31. The molecule has 1 N–H and O–H groups in total. The Morgan fingerprint density at radius 3 is 2.92 bits per heavy atom. The van der Waals surface area contributed by atoms with E-state index in [-0.39, 0.29) is 11.8 Å². The van der Waals surface area contributed by atoms with Crippen molar-refractivity contribution in [1.29, 1.82) is 0 Å². The van der Waals surface area contributed by atoms with Crippen molar-refractivity contribution in [3.63, 3.8) is 0 Å². The maximum absolute atomic E-state index is 11.8. The molecule has 3 rings (SSSR count). The summed E-state index contributed by atoms with van der Waals surface area (Å²) in [6.45, 7) is 7.59. The summed E-state index contributed by atoms with van der Waals surface area (Å²) in [5.74, 6) is 1.78. The predicted molar refractivity (Wildman–Crippen MR) is 101 cm³/mol. The first-order valence-electron chi connectivity index (χ1n) is 8.92. The molecule has 2 aromatic heterocycles. The second kappa shape index (κ2) is 8.51. The number of hydrogen-bond acceptors (Lipinski definition) is 6. The Labute approximate surface area is 153 Å². The summed E-state index contributed by atoms with van der Waals surface area (Å²) < 4.78 is 0. The number of aromatic nitrogens is 4. The molecule has 0 aromatic carbocycles. The first kappa shape index (κ1) is 18.0. The van der Waals surface area contributed by atoms with Crippen molar-refractivity contribution >= 4 is 11.7 Å². The van der Waals surface area contributed by atoms with Crippen LogP contribution in [0.1, 0.15) is 37.9 Å². The predicted octanol–water partition coefficient (Wildman–Crippen LogP) is 2.65. The molecule has 26 heavy (non-hydrogen) atoms. The molecule has 1 fully saturated rings. The van der Waals surface area contributed by atoms with Gasteiger partial charge in [0, 0.05) is 56.5 Å². The van der Waals surface area contributed by atoms with E-state index in [4.69, 9.17) is 9.97 Å². The number of rotatable bonds is 6. The number of amides is 1. The Hall–Kier alpha value is -2.83. The molecule has 0 spiro atoms. The molecule has 1 amide bonds. The van der Waals surface area contributed by atoms with Crippen molar-refractivity contribution in [1.82, 2.24) is 24.8 Å². The molecule has 7 nitrogen and oxygen atoms in total. The van der Waals surface area contributed by atoms with Gasteiger partial charge < -0.3 is 10.2 Å². The van der Waals surface area contributed by atoms with E-state index < -0.39 is 0 Å². The number of nitrogens with zero attached hydrogens (tertiary/aromatic N) is 5. The van der Waals surface area contributed by atoms with Crippen LogP contribution in [0.15, 0.2) is 37.4 Å². The largest absolute Gasteiger partial charge is 0.370 e. The quantitative estimate of drug-likeness (QED) is 0.635. The summed E-state index contributed by atoms with van der Waals surface area (Å²) in [5, 5.41) is 3.33. The van der Waals surface area contributed by atoms with Crippen LogP contribution < -0.4 is 5.32 Å². The van der Waals surface area contributed by atoms with E-state index in [1.54, 1.807) is 19.3 Å². The number of likely N-dealkylation sites (tertiary alicyclic amines) is 1. The highest BCUT2D eigenvalue weighted by Crippen LogP contribution is 2.28. The molecule has 1 aliphatic heterocycles. The molecule has 0 radical (unpaired) electrons. The molecule has 0 aliphatic carbocycles. The topological polar surface area (TPSA) is 83.9 Å². The van der Waals surface area contributed by atoms with E-state index in [9.17, 15) is 4.79 Å². The van der Waals surface area contributed by atoms with Crippen LogP contribution in [-0.4, -0.2) is 50.4 Å². The van der Waals surface area contributed by atoms with Gasteiger partial charge in [-0.25, -0.2) is 19.9 Å². The van der Waals surface area contributed by atoms with E-state index >= 15 is 0 Å². The molecule has 1 atom stereocenters. The van der Waals surface area contributed by atoms with Gasteiger partial charge in [-0.1, -0.05) is 6.08 Å². The van der Waals surface area contributed by atoms with Crippen molar-refractivity contribution < 1.29 is 4.79 Å². The molecule has 1 aliphatic rings. The molecular weight excluding hydrogens is 328 g/mol. The number of piperidine rings is 1. The number of nitrogens with one attached hydrogen (secondary N) is 1. The zero-order valence-corrected chi connectivity index (χ0v) is 15.1. The van der Waals surface area contributed by atoms with E-state index in [1.807, 2.05) is 17.0 Å². The van der Waals surface area contributed by atoms with Gasteiger partial charge in [0.05, 0.1) is 5.69 Å². The average Bonchev–Trinajstić information content (AvgIpc) is 2.69. The summed E-state index contributed by atoms with van der Waals surface area (Å²) in [4.78, 5) is 31.3. The normalized spacial score (nSPS) is 17.0.